The molecule has 1 spiro atoms. The SMILES string of the molecule is CN(C)[C@]1(c2ccccc2)CC[C@@]2(CC1)CN(c1ccc(F)c(C#N)c1)C(=O)N2CC1CCC1. The molecule has 3 fully saturated rings. The van der Waals surface area contributed by atoms with E-state index < -0.39 is 5.82 Å². The molecule has 5 rings (SSSR count). The van der Waals surface area contributed by atoms with E-state index >= 15 is 0 Å². The monoisotopic (exact) mass is 460 g/mol. The minimum Gasteiger partial charge on any atom is -0.317 e. The van der Waals surface area contributed by atoms with Gasteiger partial charge in [-0.25, -0.2) is 9.18 Å². The second kappa shape index (κ2) is 8.70. The lowest BCUT2D eigenvalue weighted by Crippen LogP contribution is -2.56. The third-order valence-electron chi connectivity index (χ3n) is 8.71. The van der Waals surface area contributed by atoms with Crippen LogP contribution in [0.4, 0.5) is 14.9 Å². The van der Waals surface area contributed by atoms with Crippen LogP contribution in [0.15, 0.2) is 48.5 Å². The van der Waals surface area contributed by atoms with Gasteiger partial charge in [-0.05, 0) is 82.3 Å². The van der Waals surface area contributed by atoms with E-state index in [2.05, 4.69) is 54.2 Å². The Kier molecular flexibility index (Phi) is 5.85. The second-order valence-corrected chi connectivity index (χ2v) is 10.6. The normalized spacial score (nSPS) is 27.3. The molecule has 0 radical (unpaired) electrons. The molecule has 2 aliphatic carbocycles. The number of anilines is 1. The number of hydrogen-bond donors (Lipinski definition) is 0. The van der Waals surface area contributed by atoms with E-state index in [4.69, 9.17) is 0 Å². The number of halogens is 1. The van der Waals surface area contributed by atoms with Crippen molar-refractivity contribution in [3.8, 4) is 6.07 Å². The highest BCUT2D eigenvalue weighted by Gasteiger charge is 2.55. The molecule has 5 nitrogen and oxygen atoms in total. The molecule has 3 aliphatic rings. The molecular formula is C28H33FN4O. The van der Waals surface area contributed by atoms with Crippen LogP contribution in [0.1, 0.15) is 56.1 Å². The molecule has 34 heavy (non-hydrogen) atoms. The number of benzene rings is 2. The predicted octanol–water partition coefficient (Wildman–Crippen LogP) is 5.51. The highest BCUT2D eigenvalue weighted by molar-refractivity contribution is 5.95. The van der Waals surface area contributed by atoms with Gasteiger partial charge in [0, 0.05) is 17.8 Å². The van der Waals surface area contributed by atoms with Crippen LogP contribution in [-0.2, 0) is 5.54 Å². The fourth-order valence-electron chi connectivity index (χ4n) is 6.27. The Morgan fingerprint density at radius 1 is 1.09 bits per heavy atom. The van der Waals surface area contributed by atoms with Crippen molar-refractivity contribution in [1.29, 1.82) is 5.26 Å². The van der Waals surface area contributed by atoms with Gasteiger partial charge in [0.25, 0.3) is 0 Å². The number of hydrogen-bond acceptors (Lipinski definition) is 3. The van der Waals surface area contributed by atoms with E-state index in [-0.39, 0.29) is 22.7 Å². The molecule has 0 N–H and O–H groups in total. The van der Waals surface area contributed by atoms with Crippen LogP contribution in [0.5, 0.6) is 0 Å². The van der Waals surface area contributed by atoms with Crippen molar-refractivity contribution in [3.63, 3.8) is 0 Å². The Hall–Kier alpha value is -2.91. The van der Waals surface area contributed by atoms with Gasteiger partial charge in [0.2, 0.25) is 0 Å². The Balaban J connectivity index is 1.47. The van der Waals surface area contributed by atoms with Gasteiger partial charge >= 0.3 is 6.03 Å². The lowest BCUT2D eigenvalue weighted by atomic mass is 9.68. The smallest absolute Gasteiger partial charge is 0.317 e. The Morgan fingerprint density at radius 2 is 1.79 bits per heavy atom. The molecule has 2 saturated carbocycles. The van der Waals surface area contributed by atoms with Gasteiger partial charge in [-0.15, -0.1) is 0 Å². The first-order chi connectivity index (χ1) is 16.4. The van der Waals surface area contributed by atoms with Crippen molar-refractivity contribution in [1.82, 2.24) is 9.80 Å². The molecule has 2 aromatic carbocycles. The van der Waals surface area contributed by atoms with E-state index in [1.165, 1.54) is 37.0 Å². The lowest BCUT2D eigenvalue weighted by molar-refractivity contribution is 0.0172. The Morgan fingerprint density at radius 3 is 2.38 bits per heavy atom. The largest absolute Gasteiger partial charge is 0.325 e. The summed E-state index contributed by atoms with van der Waals surface area (Å²) >= 11 is 0. The maximum Gasteiger partial charge on any atom is 0.325 e. The van der Waals surface area contributed by atoms with E-state index in [1.54, 1.807) is 11.0 Å². The number of carbonyl (C=O) groups is 1. The van der Waals surface area contributed by atoms with Crippen molar-refractivity contribution in [2.75, 3.05) is 32.1 Å². The third-order valence-corrected chi connectivity index (χ3v) is 8.71. The summed E-state index contributed by atoms with van der Waals surface area (Å²) in [4.78, 5) is 20.0. The first kappa shape index (κ1) is 22.9. The van der Waals surface area contributed by atoms with Crippen molar-refractivity contribution >= 4 is 11.7 Å². The molecule has 0 aromatic heterocycles. The minimum atomic E-state index is -0.546. The van der Waals surface area contributed by atoms with Crippen LogP contribution in [0.2, 0.25) is 0 Å². The first-order valence-electron chi connectivity index (χ1n) is 12.4. The van der Waals surface area contributed by atoms with Crippen LogP contribution in [0, 0.1) is 23.1 Å². The molecule has 6 heteroatoms. The van der Waals surface area contributed by atoms with Gasteiger partial charge in [-0.1, -0.05) is 36.8 Å². The van der Waals surface area contributed by atoms with Crippen LogP contribution in [0.25, 0.3) is 0 Å². The van der Waals surface area contributed by atoms with E-state index in [1.807, 2.05) is 6.07 Å². The van der Waals surface area contributed by atoms with Gasteiger partial charge in [-0.3, -0.25) is 9.80 Å². The average Bonchev–Trinajstić information content (AvgIpc) is 3.08. The van der Waals surface area contributed by atoms with Crippen LogP contribution in [-0.4, -0.2) is 48.6 Å². The zero-order valence-electron chi connectivity index (χ0n) is 20.1. The molecular weight excluding hydrogens is 427 g/mol. The summed E-state index contributed by atoms with van der Waals surface area (Å²) in [6.07, 6.45) is 7.38. The van der Waals surface area contributed by atoms with Gasteiger partial charge < -0.3 is 4.90 Å². The molecule has 2 amide bonds. The van der Waals surface area contributed by atoms with E-state index in [9.17, 15) is 14.4 Å². The highest BCUT2D eigenvalue weighted by atomic mass is 19.1. The summed E-state index contributed by atoms with van der Waals surface area (Å²) in [7, 11) is 4.32. The zero-order chi connectivity index (χ0) is 23.9. The van der Waals surface area contributed by atoms with Gasteiger partial charge in [-0.2, -0.15) is 5.26 Å². The van der Waals surface area contributed by atoms with Gasteiger partial charge in [0.1, 0.15) is 11.9 Å². The van der Waals surface area contributed by atoms with Crippen LogP contribution in [0.3, 0.4) is 0 Å². The topological polar surface area (TPSA) is 50.6 Å². The molecule has 0 atom stereocenters. The molecule has 1 saturated heterocycles. The van der Waals surface area contributed by atoms with Crippen molar-refractivity contribution in [3.05, 3.63) is 65.5 Å². The molecule has 0 unspecified atom stereocenters. The molecule has 1 heterocycles. The first-order valence-corrected chi connectivity index (χ1v) is 12.4. The zero-order valence-corrected chi connectivity index (χ0v) is 20.1. The summed E-state index contributed by atoms with van der Waals surface area (Å²) in [5.41, 5.74) is 1.65. The van der Waals surface area contributed by atoms with Crippen molar-refractivity contribution in [2.24, 2.45) is 5.92 Å². The number of nitrogens with zero attached hydrogens (tertiary/aromatic N) is 4. The number of rotatable bonds is 5. The van der Waals surface area contributed by atoms with E-state index in [0.717, 1.165) is 32.2 Å². The average molecular weight is 461 g/mol. The summed E-state index contributed by atoms with van der Waals surface area (Å²) in [6, 6.07) is 17.1. The number of carbonyl (C=O) groups excluding carboxylic acids is 1. The predicted molar refractivity (Wildman–Crippen MR) is 131 cm³/mol. The Labute approximate surface area is 201 Å². The lowest BCUT2D eigenvalue weighted by Gasteiger charge is -2.51. The van der Waals surface area contributed by atoms with Gasteiger partial charge in [0.05, 0.1) is 17.6 Å². The minimum absolute atomic E-state index is 0.000498. The van der Waals surface area contributed by atoms with Crippen molar-refractivity contribution in [2.45, 2.75) is 56.0 Å². The fourth-order valence-corrected chi connectivity index (χ4v) is 6.27. The van der Waals surface area contributed by atoms with Gasteiger partial charge in [0.15, 0.2) is 0 Å². The third kappa shape index (κ3) is 3.67. The summed E-state index contributed by atoms with van der Waals surface area (Å²) in [6.45, 7) is 1.38. The number of urea groups is 1. The number of amides is 2. The van der Waals surface area contributed by atoms with E-state index in [0.29, 0.717) is 18.2 Å². The highest BCUT2D eigenvalue weighted by Crippen LogP contribution is 2.50. The maximum atomic E-state index is 14.0. The molecule has 178 valence electrons. The van der Waals surface area contributed by atoms with Crippen LogP contribution < -0.4 is 4.90 Å². The number of nitriles is 1. The standard InChI is InChI=1S/C28H33FN4O/c1-31(2)28(23-9-4-3-5-10-23)15-13-27(14-16-28)20-32(24-11-12-25(29)22(17-24)18-30)26(34)33(27)19-21-7-6-8-21/h3-5,9-12,17,21H,6-8,13-16,19-20H2,1-2H3/t27-,28-. The van der Waals surface area contributed by atoms with Crippen molar-refractivity contribution < 1.29 is 9.18 Å². The maximum absolute atomic E-state index is 14.0. The molecule has 1 aliphatic heterocycles. The Bertz CT molecular complexity index is 1100. The quantitative estimate of drug-likeness (QED) is 0.591. The fraction of sp³-hybridized carbons (Fsp3) is 0.500. The molecule has 0 bridgehead atoms. The summed E-state index contributed by atoms with van der Waals surface area (Å²) in [5, 5.41) is 9.31. The van der Waals surface area contributed by atoms with Crippen LogP contribution >= 0.6 is 0 Å². The summed E-state index contributed by atoms with van der Waals surface area (Å²) < 4.78 is 14.0. The summed E-state index contributed by atoms with van der Waals surface area (Å²) in [5.74, 6) is 0.0218. The molecule has 2 aromatic rings. The second-order valence-electron chi connectivity index (χ2n) is 10.6.